The van der Waals surface area contributed by atoms with E-state index < -0.39 is 8.07 Å². The zero-order valence-corrected chi connectivity index (χ0v) is 34.1. The molecule has 0 atom stereocenters. The fraction of sp³-hybridized carbons (Fsp3) is 0. The smallest absolute Gasteiger partial charge is 0.179 e. The molecule has 1 nitrogen and oxygen atoms in total. The normalized spacial score (nSPS) is 11.7. The van der Waals surface area contributed by atoms with Crippen molar-refractivity contribution in [1.29, 1.82) is 0 Å². The van der Waals surface area contributed by atoms with Crippen LogP contribution in [0.5, 0.6) is 0 Å². The van der Waals surface area contributed by atoms with Gasteiger partial charge in [0.2, 0.25) is 0 Å². The van der Waals surface area contributed by atoms with Gasteiger partial charge in [-0.05, 0) is 89.8 Å². The second kappa shape index (κ2) is 15.0. The fourth-order valence-electron chi connectivity index (χ4n) is 9.61. The van der Waals surface area contributed by atoms with E-state index in [-0.39, 0.29) is 0 Å². The van der Waals surface area contributed by atoms with Gasteiger partial charge >= 0.3 is 0 Å². The second-order valence-electron chi connectivity index (χ2n) is 15.6. The summed E-state index contributed by atoms with van der Waals surface area (Å²) in [6.45, 7) is 0. The molecular formula is C58H41NSi. The zero-order chi connectivity index (χ0) is 39.9. The summed E-state index contributed by atoms with van der Waals surface area (Å²) in [5, 5.41) is 10.4. The molecule has 0 aliphatic heterocycles. The lowest BCUT2D eigenvalue weighted by molar-refractivity contribution is 1.20. The van der Waals surface area contributed by atoms with Crippen molar-refractivity contribution in [3.63, 3.8) is 0 Å². The van der Waals surface area contributed by atoms with Crippen LogP contribution in [0.15, 0.2) is 249 Å². The quantitative estimate of drug-likeness (QED) is 0.107. The highest BCUT2D eigenvalue weighted by atomic mass is 28.3. The standard InChI is InChI=1S/C58H41NSi/c1-6-18-42(19-7-1)45-34-38-57-54(40-45)55-41-46(43-20-8-2-9-21-43)35-39-58(55)59(57)56-31-17-29-52-51(28-16-30-53(52)56)44-32-36-50(37-33-44)60(47-22-10-3-11-23-47,48-24-12-4-13-25-48)49-26-14-5-15-27-49/h1-41H. The van der Waals surface area contributed by atoms with Gasteiger partial charge in [-0.2, -0.15) is 0 Å². The number of benzene rings is 10. The van der Waals surface area contributed by atoms with Gasteiger partial charge in [0.05, 0.1) is 16.7 Å². The Labute approximate surface area is 352 Å². The highest BCUT2D eigenvalue weighted by Crippen LogP contribution is 2.40. The van der Waals surface area contributed by atoms with Crippen molar-refractivity contribution >= 4 is 61.4 Å². The molecule has 0 N–H and O–H groups in total. The summed E-state index contributed by atoms with van der Waals surface area (Å²) < 4.78 is 2.48. The number of fused-ring (bicyclic) bond motifs is 4. The molecular weight excluding hydrogens is 739 g/mol. The molecule has 0 spiro atoms. The molecule has 2 heteroatoms. The van der Waals surface area contributed by atoms with Crippen LogP contribution in [0.4, 0.5) is 0 Å². The lowest BCUT2D eigenvalue weighted by atomic mass is 9.97. The number of nitrogens with zero attached hydrogens (tertiary/aromatic N) is 1. The molecule has 0 saturated heterocycles. The summed E-state index contributed by atoms with van der Waals surface area (Å²) in [6.07, 6.45) is 0. The highest BCUT2D eigenvalue weighted by Gasteiger charge is 2.41. The number of rotatable bonds is 8. The molecule has 0 unspecified atom stereocenters. The molecule has 11 rings (SSSR count). The lowest BCUT2D eigenvalue weighted by Gasteiger charge is -2.34. The Morgan fingerprint density at radius 3 is 1.13 bits per heavy atom. The third kappa shape index (κ3) is 5.92. The predicted molar refractivity (Wildman–Crippen MR) is 258 cm³/mol. The summed E-state index contributed by atoms with van der Waals surface area (Å²) in [4.78, 5) is 0. The topological polar surface area (TPSA) is 4.93 Å². The Bertz CT molecular complexity index is 3070. The van der Waals surface area contributed by atoms with E-state index in [1.54, 1.807) is 0 Å². The molecule has 0 amide bonds. The second-order valence-corrected chi connectivity index (χ2v) is 19.4. The highest BCUT2D eigenvalue weighted by molar-refractivity contribution is 7.19. The van der Waals surface area contributed by atoms with Crippen molar-refractivity contribution in [3.05, 3.63) is 249 Å². The maximum Gasteiger partial charge on any atom is 0.179 e. The first-order valence-electron chi connectivity index (χ1n) is 20.8. The summed E-state index contributed by atoms with van der Waals surface area (Å²) in [5.74, 6) is 0. The fourth-order valence-corrected chi connectivity index (χ4v) is 14.4. The third-order valence-corrected chi connectivity index (χ3v) is 17.2. The van der Waals surface area contributed by atoms with Gasteiger partial charge < -0.3 is 4.57 Å². The molecule has 1 aromatic heterocycles. The van der Waals surface area contributed by atoms with Crippen molar-refractivity contribution in [2.75, 3.05) is 0 Å². The Hall–Kier alpha value is -7.52. The van der Waals surface area contributed by atoms with Crippen LogP contribution in [0, 0.1) is 0 Å². The maximum atomic E-state index is 2.48. The molecule has 282 valence electrons. The average molecular weight is 780 g/mol. The van der Waals surface area contributed by atoms with E-state index in [4.69, 9.17) is 0 Å². The van der Waals surface area contributed by atoms with Gasteiger partial charge in [-0.25, -0.2) is 0 Å². The van der Waals surface area contributed by atoms with Gasteiger partial charge in [0, 0.05) is 16.2 Å². The summed E-state index contributed by atoms with van der Waals surface area (Å²) in [7, 11) is -2.63. The molecule has 0 saturated carbocycles. The van der Waals surface area contributed by atoms with Gasteiger partial charge in [0.25, 0.3) is 0 Å². The van der Waals surface area contributed by atoms with E-state index in [9.17, 15) is 0 Å². The minimum absolute atomic E-state index is 1.18. The predicted octanol–water partition coefficient (Wildman–Crippen LogP) is 12.3. The van der Waals surface area contributed by atoms with Crippen molar-refractivity contribution in [3.8, 4) is 39.1 Å². The Balaban J connectivity index is 1.08. The SMILES string of the molecule is c1ccc(-c2ccc3c(c2)c2cc(-c4ccccc4)ccc2n3-c2cccc3c(-c4ccc([Si](c5ccccc5)(c5ccccc5)c5ccccc5)cc4)cccc23)cc1. The minimum atomic E-state index is -2.63. The van der Waals surface area contributed by atoms with Crippen molar-refractivity contribution < 1.29 is 0 Å². The van der Waals surface area contributed by atoms with Crippen LogP contribution < -0.4 is 20.7 Å². The van der Waals surface area contributed by atoms with Crippen LogP contribution in [0.1, 0.15) is 0 Å². The largest absolute Gasteiger partial charge is 0.309 e. The summed E-state index contributed by atoms with van der Waals surface area (Å²) in [6, 6.07) is 91.9. The van der Waals surface area contributed by atoms with Gasteiger partial charge in [0.1, 0.15) is 0 Å². The monoisotopic (exact) mass is 779 g/mol. The number of aromatic nitrogens is 1. The van der Waals surface area contributed by atoms with Crippen LogP contribution in [-0.2, 0) is 0 Å². The number of hydrogen-bond acceptors (Lipinski definition) is 0. The molecule has 0 aliphatic rings. The van der Waals surface area contributed by atoms with Crippen LogP contribution >= 0.6 is 0 Å². The summed E-state index contributed by atoms with van der Waals surface area (Å²) >= 11 is 0. The minimum Gasteiger partial charge on any atom is -0.309 e. The van der Waals surface area contributed by atoms with Crippen molar-refractivity contribution in [2.45, 2.75) is 0 Å². The van der Waals surface area contributed by atoms with E-state index in [0.29, 0.717) is 0 Å². The molecule has 1 heterocycles. The third-order valence-electron chi connectivity index (χ3n) is 12.4. The maximum absolute atomic E-state index is 2.63. The van der Waals surface area contributed by atoms with E-state index in [0.717, 1.165) is 0 Å². The molecule has 60 heavy (non-hydrogen) atoms. The van der Waals surface area contributed by atoms with Crippen LogP contribution in [0.2, 0.25) is 0 Å². The van der Waals surface area contributed by atoms with Gasteiger partial charge in [0.15, 0.2) is 8.07 Å². The number of hydrogen-bond donors (Lipinski definition) is 0. The molecule has 0 radical (unpaired) electrons. The van der Waals surface area contributed by atoms with Crippen molar-refractivity contribution in [2.24, 2.45) is 0 Å². The average Bonchev–Trinajstić information content (AvgIpc) is 3.66. The van der Waals surface area contributed by atoms with Crippen LogP contribution in [-0.4, -0.2) is 12.6 Å². The van der Waals surface area contributed by atoms with Crippen LogP contribution in [0.3, 0.4) is 0 Å². The van der Waals surface area contributed by atoms with Gasteiger partial charge in [-0.1, -0.05) is 218 Å². The molecule has 0 bridgehead atoms. The Kier molecular flexibility index (Phi) is 8.91. The van der Waals surface area contributed by atoms with E-state index >= 15 is 0 Å². The first-order chi connectivity index (χ1) is 29.8. The van der Waals surface area contributed by atoms with E-state index in [2.05, 4.69) is 253 Å². The molecule has 11 aromatic rings. The Morgan fingerprint density at radius 2 is 0.650 bits per heavy atom. The first kappa shape index (κ1) is 35.6. The molecule has 10 aromatic carbocycles. The van der Waals surface area contributed by atoms with Gasteiger partial charge in [-0.3, -0.25) is 0 Å². The molecule has 0 fully saturated rings. The first-order valence-corrected chi connectivity index (χ1v) is 22.8. The van der Waals surface area contributed by atoms with Gasteiger partial charge in [-0.15, -0.1) is 0 Å². The summed E-state index contributed by atoms with van der Waals surface area (Å²) in [5.41, 5.74) is 10.9. The lowest BCUT2D eigenvalue weighted by Crippen LogP contribution is -2.74. The van der Waals surface area contributed by atoms with E-state index in [1.165, 1.54) is 92.4 Å². The van der Waals surface area contributed by atoms with Crippen molar-refractivity contribution in [1.82, 2.24) is 4.57 Å². The zero-order valence-electron chi connectivity index (χ0n) is 33.1. The van der Waals surface area contributed by atoms with Crippen LogP contribution in [0.25, 0.3) is 71.6 Å². The van der Waals surface area contributed by atoms with E-state index in [1.807, 2.05) is 0 Å². The molecule has 0 aliphatic carbocycles. The Morgan fingerprint density at radius 1 is 0.250 bits per heavy atom.